The van der Waals surface area contributed by atoms with Crippen LogP contribution in [-0.2, 0) is 4.79 Å². The zero-order valence-corrected chi connectivity index (χ0v) is 12.2. The summed E-state index contributed by atoms with van der Waals surface area (Å²) in [5, 5.41) is 11.8. The Morgan fingerprint density at radius 3 is 2.50 bits per heavy atom. The molecule has 4 nitrogen and oxygen atoms in total. The van der Waals surface area contributed by atoms with Gasteiger partial charge in [0.2, 0.25) is 0 Å². The van der Waals surface area contributed by atoms with E-state index in [2.05, 4.69) is 48.3 Å². The first kappa shape index (κ1) is 16.4. The van der Waals surface area contributed by atoms with Crippen molar-refractivity contribution in [3.63, 3.8) is 0 Å². The van der Waals surface area contributed by atoms with Gasteiger partial charge < -0.3 is 10.4 Å². The first-order chi connectivity index (χ1) is 9.69. The van der Waals surface area contributed by atoms with Gasteiger partial charge in [0, 0.05) is 25.2 Å². The molecular formula is C16H24N2O2. The first-order valence-corrected chi connectivity index (χ1v) is 7.08. The summed E-state index contributed by atoms with van der Waals surface area (Å²) in [7, 11) is 0. The lowest BCUT2D eigenvalue weighted by Crippen LogP contribution is -2.35. The predicted octanol–water partition coefficient (Wildman–Crippen LogP) is 2.30. The quantitative estimate of drug-likeness (QED) is 0.537. The van der Waals surface area contributed by atoms with Gasteiger partial charge in [-0.25, -0.2) is 4.79 Å². The van der Waals surface area contributed by atoms with Crippen LogP contribution in [0, 0.1) is 0 Å². The second-order valence-corrected chi connectivity index (χ2v) is 4.55. The zero-order valence-electron chi connectivity index (χ0n) is 12.2. The summed E-state index contributed by atoms with van der Waals surface area (Å²) >= 11 is 0. The number of hydrogen-bond donors (Lipinski definition) is 2. The number of rotatable bonds is 9. The lowest BCUT2D eigenvalue weighted by atomic mass is 10.1. The predicted molar refractivity (Wildman–Crippen MR) is 81.7 cm³/mol. The third-order valence-electron chi connectivity index (χ3n) is 3.30. The summed E-state index contributed by atoms with van der Waals surface area (Å²) in [6.07, 6.45) is 2.80. The smallest absolute Gasteiger partial charge is 0.328 e. The highest BCUT2D eigenvalue weighted by Gasteiger charge is 2.16. The molecule has 0 aliphatic rings. The van der Waals surface area contributed by atoms with Crippen molar-refractivity contribution < 1.29 is 9.90 Å². The minimum Gasteiger partial charge on any atom is -0.478 e. The molecule has 0 amide bonds. The van der Waals surface area contributed by atoms with Gasteiger partial charge in [-0.1, -0.05) is 50.3 Å². The van der Waals surface area contributed by atoms with Gasteiger partial charge in [0.15, 0.2) is 0 Å². The number of carboxylic acids is 1. The summed E-state index contributed by atoms with van der Waals surface area (Å²) in [6, 6.07) is 10.7. The van der Waals surface area contributed by atoms with Crippen molar-refractivity contribution in [3.05, 3.63) is 48.0 Å². The number of benzene rings is 1. The SMILES string of the molecule is CCN(CC)C(CNC/C=C/C(=O)O)c1ccccc1. The van der Waals surface area contributed by atoms with E-state index in [0.717, 1.165) is 19.6 Å². The molecule has 20 heavy (non-hydrogen) atoms. The molecule has 1 aromatic carbocycles. The minimum atomic E-state index is -0.907. The van der Waals surface area contributed by atoms with Crippen molar-refractivity contribution in [2.75, 3.05) is 26.2 Å². The molecular weight excluding hydrogens is 252 g/mol. The Morgan fingerprint density at radius 1 is 1.30 bits per heavy atom. The molecule has 110 valence electrons. The van der Waals surface area contributed by atoms with Crippen LogP contribution in [0.3, 0.4) is 0 Å². The molecule has 0 saturated carbocycles. The zero-order chi connectivity index (χ0) is 14.8. The van der Waals surface area contributed by atoms with E-state index in [-0.39, 0.29) is 0 Å². The van der Waals surface area contributed by atoms with Gasteiger partial charge in [-0.3, -0.25) is 4.90 Å². The van der Waals surface area contributed by atoms with Gasteiger partial charge in [-0.2, -0.15) is 0 Å². The molecule has 1 aromatic rings. The average Bonchev–Trinajstić information content (AvgIpc) is 2.46. The molecule has 0 aromatic heterocycles. The third-order valence-corrected chi connectivity index (χ3v) is 3.30. The van der Waals surface area contributed by atoms with Gasteiger partial charge in [-0.05, 0) is 18.7 Å². The van der Waals surface area contributed by atoms with Crippen LogP contribution >= 0.6 is 0 Å². The topological polar surface area (TPSA) is 52.6 Å². The van der Waals surface area contributed by atoms with Crippen LogP contribution in [0.1, 0.15) is 25.5 Å². The molecule has 1 rings (SSSR count). The summed E-state index contributed by atoms with van der Waals surface area (Å²) < 4.78 is 0. The van der Waals surface area contributed by atoms with E-state index in [0.29, 0.717) is 12.6 Å². The Bertz CT molecular complexity index is 414. The van der Waals surface area contributed by atoms with Crippen LogP contribution in [0.5, 0.6) is 0 Å². The highest BCUT2D eigenvalue weighted by atomic mass is 16.4. The number of carboxylic acid groups (broad SMARTS) is 1. The molecule has 0 radical (unpaired) electrons. The number of nitrogens with one attached hydrogen (secondary N) is 1. The van der Waals surface area contributed by atoms with Crippen molar-refractivity contribution in [2.45, 2.75) is 19.9 Å². The fourth-order valence-electron chi connectivity index (χ4n) is 2.26. The van der Waals surface area contributed by atoms with E-state index in [1.165, 1.54) is 11.6 Å². The van der Waals surface area contributed by atoms with E-state index in [9.17, 15) is 4.79 Å². The van der Waals surface area contributed by atoms with Crippen molar-refractivity contribution >= 4 is 5.97 Å². The Labute approximate surface area is 121 Å². The van der Waals surface area contributed by atoms with Gasteiger partial charge >= 0.3 is 5.97 Å². The summed E-state index contributed by atoms with van der Waals surface area (Å²) in [6.45, 7) is 7.66. The summed E-state index contributed by atoms with van der Waals surface area (Å²) in [4.78, 5) is 12.8. The molecule has 0 saturated heterocycles. The van der Waals surface area contributed by atoms with E-state index in [1.54, 1.807) is 6.08 Å². The standard InChI is InChI=1S/C16H24N2O2/c1-3-18(4-2)15(14-9-6-5-7-10-14)13-17-12-8-11-16(19)20/h5-11,15,17H,3-4,12-13H2,1-2H3,(H,19,20)/b11-8+. The van der Waals surface area contributed by atoms with Crippen LogP contribution in [0.2, 0.25) is 0 Å². The number of nitrogens with zero attached hydrogens (tertiary/aromatic N) is 1. The lowest BCUT2D eigenvalue weighted by Gasteiger charge is -2.30. The van der Waals surface area contributed by atoms with Gasteiger partial charge in [0.05, 0.1) is 0 Å². The molecule has 0 fully saturated rings. The highest BCUT2D eigenvalue weighted by Crippen LogP contribution is 2.19. The largest absolute Gasteiger partial charge is 0.478 e. The Morgan fingerprint density at radius 2 is 1.95 bits per heavy atom. The fraction of sp³-hybridized carbons (Fsp3) is 0.438. The van der Waals surface area contributed by atoms with E-state index >= 15 is 0 Å². The van der Waals surface area contributed by atoms with Gasteiger partial charge in [0.25, 0.3) is 0 Å². The first-order valence-electron chi connectivity index (χ1n) is 7.08. The third kappa shape index (κ3) is 5.55. The molecule has 2 N–H and O–H groups in total. The lowest BCUT2D eigenvalue weighted by molar-refractivity contribution is -0.131. The maximum Gasteiger partial charge on any atom is 0.328 e. The molecule has 4 heteroatoms. The molecule has 0 aliphatic carbocycles. The monoisotopic (exact) mass is 276 g/mol. The highest BCUT2D eigenvalue weighted by molar-refractivity contribution is 5.79. The van der Waals surface area contributed by atoms with E-state index in [1.807, 2.05) is 6.07 Å². The van der Waals surface area contributed by atoms with Crippen LogP contribution in [0.15, 0.2) is 42.5 Å². The molecule has 0 spiro atoms. The van der Waals surface area contributed by atoms with Crippen LogP contribution in [0.25, 0.3) is 0 Å². The van der Waals surface area contributed by atoms with Crippen LogP contribution < -0.4 is 5.32 Å². The van der Waals surface area contributed by atoms with Gasteiger partial charge in [-0.15, -0.1) is 0 Å². The van der Waals surface area contributed by atoms with Crippen molar-refractivity contribution in [1.82, 2.24) is 10.2 Å². The molecule has 1 unspecified atom stereocenters. The second kappa shape index (κ2) is 9.28. The summed E-state index contributed by atoms with van der Waals surface area (Å²) in [5.74, 6) is -0.907. The number of carbonyl (C=O) groups is 1. The van der Waals surface area contributed by atoms with E-state index in [4.69, 9.17) is 5.11 Å². The number of hydrogen-bond acceptors (Lipinski definition) is 3. The Kier molecular flexibility index (Phi) is 7.62. The van der Waals surface area contributed by atoms with Crippen LogP contribution in [0.4, 0.5) is 0 Å². The minimum absolute atomic E-state index is 0.310. The van der Waals surface area contributed by atoms with Gasteiger partial charge in [0.1, 0.15) is 0 Å². The van der Waals surface area contributed by atoms with Crippen LogP contribution in [-0.4, -0.2) is 42.2 Å². The Hall–Kier alpha value is -1.65. The maximum atomic E-state index is 10.4. The average molecular weight is 276 g/mol. The van der Waals surface area contributed by atoms with E-state index < -0.39 is 5.97 Å². The molecule has 0 heterocycles. The van der Waals surface area contributed by atoms with Crippen molar-refractivity contribution in [2.24, 2.45) is 0 Å². The Balaban J connectivity index is 2.62. The van der Waals surface area contributed by atoms with Crippen molar-refractivity contribution in [1.29, 1.82) is 0 Å². The molecule has 0 bridgehead atoms. The number of aliphatic carboxylic acids is 1. The second-order valence-electron chi connectivity index (χ2n) is 4.55. The summed E-state index contributed by atoms with van der Waals surface area (Å²) in [5.41, 5.74) is 1.28. The van der Waals surface area contributed by atoms with Crippen molar-refractivity contribution in [3.8, 4) is 0 Å². The maximum absolute atomic E-state index is 10.4. The fourth-order valence-corrected chi connectivity index (χ4v) is 2.26. The molecule has 0 aliphatic heterocycles. The molecule has 1 atom stereocenters. The number of likely N-dealkylation sites (N-methyl/N-ethyl adjacent to an activating group) is 1. The normalized spacial score (nSPS) is 12.9.